The lowest BCUT2D eigenvalue weighted by Gasteiger charge is -2.41. The van der Waals surface area contributed by atoms with E-state index in [0.717, 1.165) is 19.4 Å². The molecule has 19 heavy (non-hydrogen) atoms. The predicted molar refractivity (Wildman–Crippen MR) is 75.9 cm³/mol. The molecule has 2 N–H and O–H groups in total. The molecule has 2 fully saturated rings. The van der Waals surface area contributed by atoms with Gasteiger partial charge in [-0.15, -0.1) is 0 Å². The fourth-order valence-electron chi connectivity index (χ4n) is 3.36. The highest BCUT2D eigenvalue weighted by molar-refractivity contribution is 5.68. The molecule has 0 aromatic heterocycles. The Hall–Kier alpha value is -0.770. The second-order valence-corrected chi connectivity index (χ2v) is 7.07. The SMILES string of the molecule is CC(C)(C)OC(=O)N1CCC(N)CC1C1CCCC1. The van der Waals surface area contributed by atoms with Gasteiger partial charge in [0, 0.05) is 18.6 Å². The van der Waals surface area contributed by atoms with Crippen molar-refractivity contribution in [1.29, 1.82) is 0 Å². The van der Waals surface area contributed by atoms with Gasteiger partial charge in [-0.25, -0.2) is 4.79 Å². The topological polar surface area (TPSA) is 55.6 Å². The van der Waals surface area contributed by atoms with Gasteiger partial charge >= 0.3 is 6.09 Å². The van der Waals surface area contributed by atoms with Crippen LogP contribution in [0.5, 0.6) is 0 Å². The van der Waals surface area contributed by atoms with Crippen LogP contribution >= 0.6 is 0 Å². The van der Waals surface area contributed by atoms with E-state index in [0.29, 0.717) is 12.0 Å². The zero-order valence-electron chi connectivity index (χ0n) is 12.5. The van der Waals surface area contributed by atoms with Gasteiger partial charge in [0.25, 0.3) is 0 Å². The van der Waals surface area contributed by atoms with Crippen LogP contribution < -0.4 is 5.73 Å². The van der Waals surface area contributed by atoms with E-state index in [1.54, 1.807) is 0 Å². The Morgan fingerprint density at radius 1 is 1.21 bits per heavy atom. The molecule has 4 heteroatoms. The summed E-state index contributed by atoms with van der Waals surface area (Å²) in [6.45, 7) is 6.51. The molecule has 1 heterocycles. The lowest BCUT2D eigenvalue weighted by molar-refractivity contribution is -0.0000656. The molecule has 1 amide bonds. The van der Waals surface area contributed by atoms with Crippen LogP contribution in [0.15, 0.2) is 0 Å². The van der Waals surface area contributed by atoms with Crippen molar-refractivity contribution in [3.63, 3.8) is 0 Å². The highest BCUT2D eigenvalue weighted by atomic mass is 16.6. The van der Waals surface area contributed by atoms with E-state index < -0.39 is 5.60 Å². The number of amides is 1. The summed E-state index contributed by atoms with van der Waals surface area (Å²) in [5, 5.41) is 0. The monoisotopic (exact) mass is 268 g/mol. The van der Waals surface area contributed by atoms with Crippen LogP contribution in [-0.4, -0.2) is 35.2 Å². The van der Waals surface area contributed by atoms with E-state index in [1.165, 1.54) is 25.7 Å². The molecular weight excluding hydrogens is 240 g/mol. The van der Waals surface area contributed by atoms with Crippen LogP contribution in [0, 0.1) is 5.92 Å². The van der Waals surface area contributed by atoms with Gasteiger partial charge < -0.3 is 15.4 Å². The summed E-state index contributed by atoms with van der Waals surface area (Å²) < 4.78 is 5.55. The van der Waals surface area contributed by atoms with E-state index >= 15 is 0 Å². The van der Waals surface area contributed by atoms with E-state index in [2.05, 4.69) is 0 Å². The minimum Gasteiger partial charge on any atom is -0.444 e. The Kier molecular flexibility index (Phi) is 4.39. The van der Waals surface area contributed by atoms with Crippen molar-refractivity contribution < 1.29 is 9.53 Å². The first-order valence-corrected chi connectivity index (χ1v) is 7.62. The number of carbonyl (C=O) groups excluding carboxylic acids is 1. The summed E-state index contributed by atoms with van der Waals surface area (Å²) in [5.41, 5.74) is 5.68. The number of rotatable bonds is 1. The molecule has 2 atom stereocenters. The first-order chi connectivity index (χ1) is 8.87. The average Bonchev–Trinajstić information content (AvgIpc) is 2.79. The largest absolute Gasteiger partial charge is 0.444 e. The number of nitrogens with zero attached hydrogens (tertiary/aromatic N) is 1. The zero-order chi connectivity index (χ0) is 14.0. The minimum absolute atomic E-state index is 0.156. The number of piperidine rings is 1. The number of hydrogen-bond donors (Lipinski definition) is 1. The standard InChI is InChI=1S/C15H28N2O2/c1-15(2,3)19-14(18)17-9-8-12(16)10-13(17)11-6-4-5-7-11/h11-13H,4-10,16H2,1-3H3. The van der Waals surface area contributed by atoms with Gasteiger partial charge in [-0.05, 0) is 52.4 Å². The molecule has 0 spiro atoms. The number of likely N-dealkylation sites (tertiary alicyclic amines) is 1. The Balaban J connectivity index is 2.04. The van der Waals surface area contributed by atoms with Gasteiger partial charge in [-0.2, -0.15) is 0 Å². The van der Waals surface area contributed by atoms with Crippen LogP contribution in [0.3, 0.4) is 0 Å². The van der Waals surface area contributed by atoms with Crippen LogP contribution in [-0.2, 0) is 4.74 Å². The molecular formula is C15H28N2O2. The maximum atomic E-state index is 12.4. The molecule has 0 bridgehead atoms. The summed E-state index contributed by atoms with van der Waals surface area (Å²) in [7, 11) is 0. The maximum absolute atomic E-state index is 12.4. The fourth-order valence-corrected chi connectivity index (χ4v) is 3.36. The van der Waals surface area contributed by atoms with Gasteiger partial charge in [-0.1, -0.05) is 12.8 Å². The molecule has 0 radical (unpaired) electrons. The number of ether oxygens (including phenoxy) is 1. The van der Waals surface area contributed by atoms with Crippen LogP contribution in [0.2, 0.25) is 0 Å². The molecule has 110 valence electrons. The van der Waals surface area contributed by atoms with E-state index in [9.17, 15) is 4.79 Å². The normalized spacial score (nSPS) is 29.6. The van der Waals surface area contributed by atoms with Crippen LogP contribution in [0.25, 0.3) is 0 Å². The lowest BCUT2D eigenvalue weighted by atomic mass is 9.87. The van der Waals surface area contributed by atoms with E-state index in [-0.39, 0.29) is 12.1 Å². The summed E-state index contributed by atoms with van der Waals surface area (Å²) in [5.74, 6) is 0.624. The van der Waals surface area contributed by atoms with Crippen molar-refractivity contribution in [1.82, 2.24) is 4.90 Å². The number of carbonyl (C=O) groups is 1. The number of nitrogens with two attached hydrogens (primary N) is 1. The van der Waals surface area contributed by atoms with Gasteiger partial charge in [0.2, 0.25) is 0 Å². The fraction of sp³-hybridized carbons (Fsp3) is 0.933. The molecule has 1 saturated carbocycles. The highest BCUT2D eigenvalue weighted by Gasteiger charge is 2.38. The smallest absolute Gasteiger partial charge is 0.410 e. The highest BCUT2D eigenvalue weighted by Crippen LogP contribution is 2.35. The average molecular weight is 268 g/mol. The molecule has 4 nitrogen and oxygen atoms in total. The lowest BCUT2D eigenvalue weighted by Crippen LogP contribution is -2.53. The molecule has 2 rings (SSSR count). The van der Waals surface area contributed by atoms with Crippen molar-refractivity contribution in [3.8, 4) is 0 Å². The van der Waals surface area contributed by atoms with E-state index in [4.69, 9.17) is 10.5 Å². The van der Waals surface area contributed by atoms with Crippen LogP contribution in [0.1, 0.15) is 59.3 Å². The Morgan fingerprint density at radius 3 is 2.42 bits per heavy atom. The van der Waals surface area contributed by atoms with Crippen molar-refractivity contribution in [3.05, 3.63) is 0 Å². The summed E-state index contributed by atoms with van der Waals surface area (Å²) in [6, 6.07) is 0.533. The quantitative estimate of drug-likeness (QED) is 0.795. The summed E-state index contributed by atoms with van der Waals surface area (Å²) in [4.78, 5) is 14.3. The van der Waals surface area contributed by atoms with E-state index in [1.807, 2.05) is 25.7 Å². The first-order valence-electron chi connectivity index (χ1n) is 7.62. The Bertz CT molecular complexity index is 319. The van der Waals surface area contributed by atoms with Gasteiger partial charge in [0.15, 0.2) is 0 Å². The predicted octanol–water partition coefficient (Wildman–Crippen LogP) is 2.90. The van der Waals surface area contributed by atoms with Gasteiger partial charge in [-0.3, -0.25) is 0 Å². The second-order valence-electron chi connectivity index (χ2n) is 7.07. The van der Waals surface area contributed by atoms with Gasteiger partial charge in [0.05, 0.1) is 0 Å². The maximum Gasteiger partial charge on any atom is 0.410 e. The molecule has 1 aliphatic heterocycles. The van der Waals surface area contributed by atoms with Crippen molar-refractivity contribution >= 4 is 6.09 Å². The third-order valence-corrected chi connectivity index (χ3v) is 4.26. The summed E-state index contributed by atoms with van der Waals surface area (Å²) in [6.07, 6.45) is 6.72. The Labute approximate surface area is 116 Å². The second kappa shape index (κ2) is 5.70. The Morgan fingerprint density at radius 2 is 1.84 bits per heavy atom. The first kappa shape index (κ1) is 14.6. The number of hydrogen-bond acceptors (Lipinski definition) is 3. The van der Waals surface area contributed by atoms with Gasteiger partial charge in [0.1, 0.15) is 5.60 Å². The summed E-state index contributed by atoms with van der Waals surface area (Å²) >= 11 is 0. The molecule has 2 aliphatic rings. The molecule has 0 aromatic carbocycles. The molecule has 2 unspecified atom stereocenters. The third kappa shape index (κ3) is 3.85. The zero-order valence-corrected chi connectivity index (χ0v) is 12.5. The van der Waals surface area contributed by atoms with Crippen molar-refractivity contribution in [2.24, 2.45) is 11.7 Å². The third-order valence-electron chi connectivity index (χ3n) is 4.26. The molecule has 0 aromatic rings. The minimum atomic E-state index is -0.420. The van der Waals surface area contributed by atoms with Crippen molar-refractivity contribution in [2.45, 2.75) is 77.0 Å². The molecule has 1 aliphatic carbocycles. The molecule has 1 saturated heterocycles. The van der Waals surface area contributed by atoms with Crippen LogP contribution in [0.4, 0.5) is 4.79 Å². The van der Waals surface area contributed by atoms with Crippen molar-refractivity contribution in [2.75, 3.05) is 6.54 Å².